The van der Waals surface area contributed by atoms with Crippen molar-refractivity contribution in [2.75, 3.05) is 18.6 Å². The highest BCUT2D eigenvalue weighted by Gasteiger charge is 2.14. The summed E-state index contributed by atoms with van der Waals surface area (Å²) >= 11 is 0. The third-order valence-corrected chi connectivity index (χ3v) is 4.87. The van der Waals surface area contributed by atoms with Gasteiger partial charge in [-0.2, -0.15) is 0 Å². The Bertz CT molecular complexity index is 540. The first-order valence-corrected chi connectivity index (χ1v) is 9.11. The lowest BCUT2D eigenvalue weighted by Crippen LogP contribution is -2.25. The van der Waals surface area contributed by atoms with Crippen LogP contribution in [-0.4, -0.2) is 36.3 Å². The molecule has 0 aliphatic rings. The zero-order valence-corrected chi connectivity index (χ0v) is 12.6. The van der Waals surface area contributed by atoms with Gasteiger partial charge in [0.15, 0.2) is 0 Å². The minimum Gasteiger partial charge on any atom is -0.389 e. The predicted molar refractivity (Wildman–Crippen MR) is 75.8 cm³/mol. The molecule has 2 atom stereocenters. The molecule has 19 heavy (non-hydrogen) atoms. The van der Waals surface area contributed by atoms with Crippen molar-refractivity contribution < 1.29 is 17.7 Å². The Hall–Kier alpha value is -0.760. The summed E-state index contributed by atoms with van der Waals surface area (Å²) in [6.07, 6.45) is 1.40. The second-order valence-corrected chi connectivity index (χ2v) is 7.60. The molecule has 108 valence electrons. The number of hydrogen-bond acceptors (Lipinski definition) is 4. The van der Waals surface area contributed by atoms with Gasteiger partial charge in [0.2, 0.25) is 10.0 Å². The van der Waals surface area contributed by atoms with Crippen LogP contribution < -0.4 is 4.72 Å². The molecular weight excluding hydrogens is 286 g/mol. The van der Waals surface area contributed by atoms with E-state index in [1.165, 1.54) is 12.1 Å². The van der Waals surface area contributed by atoms with Gasteiger partial charge >= 0.3 is 0 Å². The van der Waals surface area contributed by atoms with Crippen molar-refractivity contribution in [1.82, 2.24) is 4.72 Å². The second kappa shape index (κ2) is 7.14. The topological polar surface area (TPSA) is 83.5 Å². The summed E-state index contributed by atoms with van der Waals surface area (Å²) in [5, 5.41) is 9.44. The van der Waals surface area contributed by atoms with E-state index in [-0.39, 0.29) is 11.4 Å². The zero-order chi connectivity index (χ0) is 14.5. The highest BCUT2D eigenvalue weighted by Crippen LogP contribution is 2.16. The third-order valence-electron chi connectivity index (χ3n) is 2.55. The maximum absolute atomic E-state index is 12.0. The van der Waals surface area contributed by atoms with Crippen molar-refractivity contribution in [3.63, 3.8) is 0 Å². The fraction of sp³-hybridized carbons (Fsp3) is 0.500. The van der Waals surface area contributed by atoms with Crippen molar-refractivity contribution in [2.24, 2.45) is 0 Å². The molecule has 0 spiro atoms. The molecule has 0 saturated heterocycles. The van der Waals surface area contributed by atoms with Crippen molar-refractivity contribution in [2.45, 2.75) is 24.3 Å². The van der Waals surface area contributed by atoms with E-state index >= 15 is 0 Å². The molecule has 0 heterocycles. The van der Waals surface area contributed by atoms with Gasteiger partial charge in [-0.3, -0.25) is 4.21 Å². The monoisotopic (exact) mass is 305 g/mol. The average Bonchev–Trinajstić information content (AvgIpc) is 2.34. The Morgan fingerprint density at radius 1 is 1.42 bits per heavy atom. The zero-order valence-electron chi connectivity index (χ0n) is 11.0. The third kappa shape index (κ3) is 5.40. The van der Waals surface area contributed by atoms with E-state index in [0.717, 1.165) is 0 Å². The van der Waals surface area contributed by atoms with Gasteiger partial charge in [0.05, 0.1) is 11.0 Å². The molecule has 1 rings (SSSR count). The summed E-state index contributed by atoms with van der Waals surface area (Å²) in [6.45, 7) is 1.83. The predicted octanol–water partition coefficient (Wildman–Crippen LogP) is 0.787. The molecule has 0 aliphatic carbocycles. The number of benzene rings is 1. The Balaban J connectivity index is 2.72. The van der Waals surface area contributed by atoms with Gasteiger partial charge in [0.25, 0.3) is 0 Å². The van der Waals surface area contributed by atoms with Crippen LogP contribution in [0.4, 0.5) is 0 Å². The SMILES string of the molecule is CC(O)c1cccc(S(=O)(=O)NCCCS(C)=O)c1. The van der Waals surface area contributed by atoms with E-state index in [1.807, 2.05) is 0 Å². The summed E-state index contributed by atoms with van der Waals surface area (Å²) in [6, 6.07) is 6.19. The van der Waals surface area contributed by atoms with Crippen LogP contribution in [-0.2, 0) is 20.8 Å². The minimum absolute atomic E-state index is 0.128. The van der Waals surface area contributed by atoms with Crippen LogP contribution in [0.1, 0.15) is 25.0 Å². The van der Waals surface area contributed by atoms with Gasteiger partial charge in [0, 0.05) is 29.4 Å². The van der Waals surface area contributed by atoms with Crippen LogP contribution in [0, 0.1) is 0 Å². The van der Waals surface area contributed by atoms with Gasteiger partial charge < -0.3 is 5.11 Å². The van der Waals surface area contributed by atoms with Crippen LogP contribution in [0.25, 0.3) is 0 Å². The maximum Gasteiger partial charge on any atom is 0.240 e. The van der Waals surface area contributed by atoms with E-state index < -0.39 is 26.9 Å². The van der Waals surface area contributed by atoms with Crippen LogP contribution in [0.15, 0.2) is 29.2 Å². The quantitative estimate of drug-likeness (QED) is 0.730. The van der Waals surface area contributed by atoms with Crippen LogP contribution in [0.2, 0.25) is 0 Å². The molecule has 7 heteroatoms. The van der Waals surface area contributed by atoms with E-state index in [1.54, 1.807) is 25.3 Å². The normalized spacial score (nSPS) is 15.1. The number of aliphatic hydroxyl groups excluding tert-OH is 1. The standard InChI is InChI=1S/C12H19NO4S2/c1-10(14)11-5-3-6-12(9-11)19(16,17)13-7-4-8-18(2)15/h3,5-6,9-10,13-14H,4,7-8H2,1-2H3. The molecule has 0 radical (unpaired) electrons. The fourth-order valence-corrected chi connectivity index (χ4v) is 3.19. The summed E-state index contributed by atoms with van der Waals surface area (Å²) < 4.78 is 37.3. The van der Waals surface area contributed by atoms with Crippen LogP contribution in [0.3, 0.4) is 0 Å². The number of sulfonamides is 1. The molecule has 2 unspecified atom stereocenters. The lowest BCUT2D eigenvalue weighted by atomic mass is 10.1. The molecule has 0 aromatic heterocycles. The van der Waals surface area contributed by atoms with Crippen molar-refractivity contribution >= 4 is 20.8 Å². The van der Waals surface area contributed by atoms with Crippen molar-refractivity contribution in [1.29, 1.82) is 0 Å². The minimum atomic E-state index is -3.57. The summed E-state index contributed by atoms with van der Waals surface area (Å²) in [7, 11) is -4.49. The summed E-state index contributed by atoms with van der Waals surface area (Å²) in [5.41, 5.74) is 0.553. The maximum atomic E-state index is 12.0. The van der Waals surface area contributed by atoms with Gasteiger partial charge in [-0.25, -0.2) is 13.1 Å². The second-order valence-electron chi connectivity index (χ2n) is 4.28. The average molecular weight is 305 g/mol. The smallest absolute Gasteiger partial charge is 0.240 e. The van der Waals surface area contributed by atoms with E-state index in [4.69, 9.17) is 0 Å². The van der Waals surface area contributed by atoms with Gasteiger partial charge in [-0.1, -0.05) is 12.1 Å². The molecule has 2 N–H and O–H groups in total. The summed E-state index contributed by atoms with van der Waals surface area (Å²) in [5.74, 6) is 0.468. The highest BCUT2D eigenvalue weighted by molar-refractivity contribution is 7.89. The number of nitrogens with one attached hydrogen (secondary N) is 1. The number of hydrogen-bond donors (Lipinski definition) is 2. The van der Waals surface area contributed by atoms with Crippen LogP contribution >= 0.6 is 0 Å². The molecule has 0 amide bonds. The Labute approximate surface area is 116 Å². The fourth-order valence-electron chi connectivity index (χ4n) is 1.51. The van der Waals surface area contributed by atoms with E-state index in [0.29, 0.717) is 17.7 Å². The molecule has 0 saturated carbocycles. The highest BCUT2D eigenvalue weighted by atomic mass is 32.2. The van der Waals surface area contributed by atoms with E-state index in [9.17, 15) is 17.7 Å². The largest absolute Gasteiger partial charge is 0.389 e. The molecule has 0 bridgehead atoms. The molecule has 5 nitrogen and oxygen atoms in total. The van der Waals surface area contributed by atoms with Gasteiger partial charge in [-0.15, -0.1) is 0 Å². The molecule has 1 aromatic rings. The van der Waals surface area contributed by atoms with Crippen molar-refractivity contribution in [3.8, 4) is 0 Å². The first kappa shape index (κ1) is 16.3. The Morgan fingerprint density at radius 3 is 2.68 bits per heavy atom. The van der Waals surface area contributed by atoms with E-state index in [2.05, 4.69) is 4.72 Å². The van der Waals surface area contributed by atoms with Gasteiger partial charge in [0.1, 0.15) is 0 Å². The Kier molecular flexibility index (Phi) is 6.12. The van der Waals surface area contributed by atoms with Crippen molar-refractivity contribution in [3.05, 3.63) is 29.8 Å². The lowest BCUT2D eigenvalue weighted by molar-refractivity contribution is 0.199. The molecular formula is C12H19NO4S2. The Morgan fingerprint density at radius 2 is 2.11 bits per heavy atom. The molecule has 0 fully saturated rings. The molecule has 0 aliphatic heterocycles. The lowest BCUT2D eigenvalue weighted by Gasteiger charge is -2.09. The first-order chi connectivity index (χ1) is 8.83. The summed E-state index contributed by atoms with van der Waals surface area (Å²) in [4.78, 5) is 0.128. The van der Waals surface area contributed by atoms with Gasteiger partial charge in [-0.05, 0) is 31.0 Å². The number of rotatable bonds is 7. The van der Waals surface area contributed by atoms with Crippen LogP contribution in [0.5, 0.6) is 0 Å². The molecule has 1 aromatic carbocycles. The first-order valence-electron chi connectivity index (χ1n) is 5.90. The number of aliphatic hydroxyl groups is 1.